The molecule has 33 heavy (non-hydrogen) atoms. The van der Waals surface area contributed by atoms with Gasteiger partial charge in [0.25, 0.3) is 5.91 Å². The SMILES string of the molecule is C[C@H](C(=O)N/N=C\c1ccc(Cl)cc1Cl)N(c1ccc(Oc2ccccc2)cc1)S(C)(=O)=O. The maximum atomic E-state index is 12.6. The Hall–Kier alpha value is -3.07. The van der Waals surface area contributed by atoms with E-state index in [9.17, 15) is 13.2 Å². The minimum atomic E-state index is -3.78. The molecular weight excluding hydrogens is 485 g/mol. The lowest BCUT2D eigenvalue weighted by Crippen LogP contribution is -2.46. The summed E-state index contributed by atoms with van der Waals surface area (Å²) in [6.45, 7) is 1.47. The zero-order valence-corrected chi connectivity index (χ0v) is 20.1. The van der Waals surface area contributed by atoms with Crippen LogP contribution in [-0.2, 0) is 14.8 Å². The van der Waals surface area contributed by atoms with Crippen LogP contribution in [0, 0.1) is 0 Å². The standard InChI is InChI=1S/C23H21Cl2N3O4S/c1-16(23(29)27-26-15-17-8-9-18(24)14-22(17)25)28(33(2,30)31)19-10-12-21(13-11-19)32-20-6-4-3-5-7-20/h3-16H,1-2H3,(H,27,29)/b26-15-/t16-/m1/s1. The molecule has 0 aliphatic carbocycles. The number of nitrogens with one attached hydrogen (secondary N) is 1. The molecule has 7 nitrogen and oxygen atoms in total. The predicted octanol–water partition coefficient (Wildman–Crippen LogP) is 5.09. The highest BCUT2D eigenvalue weighted by Crippen LogP contribution is 2.27. The minimum Gasteiger partial charge on any atom is -0.457 e. The van der Waals surface area contributed by atoms with Gasteiger partial charge < -0.3 is 4.74 Å². The Labute approximate surface area is 202 Å². The van der Waals surface area contributed by atoms with E-state index in [1.54, 1.807) is 54.6 Å². The Kier molecular flexibility index (Phi) is 7.97. The average Bonchev–Trinajstić information content (AvgIpc) is 2.76. The molecule has 0 heterocycles. The normalized spacial score (nSPS) is 12.4. The van der Waals surface area contributed by atoms with E-state index >= 15 is 0 Å². The van der Waals surface area contributed by atoms with Crippen LogP contribution in [0.25, 0.3) is 0 Å². The minimum absolute atomic E-state index is 0.310. The number of hydrogen-bond donors (Lipinski definition) is 1. The van der Waals surface area contributed by atoms with Crippen molar-refractivity contribution in [2.45, 2.75) is 13.0 Å². The van der Waals surface area contributed by atoms with Gasteiger partial charge in [-0.15, -0.1) is 0 Å². The van der Waals surface area contributed by atoms with Crippen LogP contribution < -0.4 is 14.5 Å². The van der Waals surface area contributed by atoms with Crippen LogP contribution in [-0.4, -0.2) is 32.8 Å². The van der Waals surface area contributed by atoms with Crippen molar-refractivity contribution in [3.05, 3.63) is 88.4 Å². The molecule has 0 saturated carbocycles. The van der Waals surface area contributed by atoms with Gasteiger partial charge in [-0.25, -0.2) is 13.8 Å². The highest BCUT2D eigenvalue weighted by atomic mass is 35.5. The zero-order chi connectivity index (χ0) is 24.0. The molecule has 0 fully saturated rings. The van der Waals surface area contributed by atoms with E-state index in [-0.39, 0.29) is 0 Å². The highest BCUT2D eigenvalue weighted by molar-refractivity contribution is 7.92. The molecule has 172 valence electrons. The molecule has 1 N–H and O–H groups in total. The number of sulfonamides is 1. The second kappa shape index (κ2) is 10.7. The third kappa shape index (κ3) is 6.71. The molecule has 0 aliphatic rings. The number of benzene rings is 3. The van der Waals surface area contributed by atoms with Gasteiger partial charge in [-0.2, -0.15) is 5.10 Å². The maximum Gasteiger partial charge on any atom is 0.263 e. The number of ether oxygens (including phenoxy) is 1. The Morgan fingerprint density at radius 1 is 1.03 bits per heavy atom. The summed E-state index contributed by atoms with van der Waals surface area (Å²) in [6.07, 6.45) is 2.38. The predicted molar refractivity (Wildman–Crippen MR) is 132 cm³/mol. The summed E-state index contributed by atoms with van der Waals surface area (Å²) >= 11 is 11.9. The molecule has 1 atom stereocenters. The number of hydrazone groups is 1. The summed E-state index contributed by atoms with van der Waals surface area (Å²) in [7, 11) is -3.78. The number of hydrogen-bond acceptors (Lipinski definition) is 5. The topological polar surface area (TPSA) is 88.1 Å². The van der Waals surface area contributed by atoms with Crippen molar-refractivity contribution in [1.82, 2.24) is 5.43 Å². The maximum absolute atomic E-state index is 12.6. The van der Waals surface area contributed by atoms with Crippen molar-refractivity contribution >= 4 is 51.0 Å². The van der Waals surface area contributed by atoms with Crippen molar-refractivity contribution in [2.75, 3.05) is 10.6 Å². The van der Waals surface area contributed by atoms with Crippen LogP contribution >= 0.6 is 23.2 Å². The van der Waals surface area contributed by atoms with Crippen LogP contribution in [0.1, 0.15) is 12.5 Å². The highest BCUT2D eigenvalue weighted by Gasteiger charge is 2.29. The Balaban J connectivity index is 1.73. The number of carbonyl (C=O) groups is 1. The second-order valence-corrected chi connectivity index (χ2v) is 9.75. The van der Waals surface area contributed by atoms with Crippen LogP contribution in [0.2, 0.25) is 10.0 Å². The molecule has 0 spiro atoms. The molecule has 3 aromatic carbocycles. The second-order valence-electron chi connectivity index (χ2n) is 7.04. The first-order chi connectivity index (χ1) is 15.6. The van der Waals surface area contributed by atoms with E-state index in [2.05, 4.69) is 10.5 Å². The van der Waals surface area contributed by atoms with Gasteiger partial charge in [-0.05, 0) is 55.5 Å². The molecule has 0 saturated heterocycles. The lowest BCUT2D eigenvalue weighted by atomic mass is 10.2. The quantitative estimate of drug-likeness (QED) is 0.341. The van der Waals surface area contributed by atoms with Gasteiger partial charge in [0.05, 0.1) is 23.2 Å². The zero-order valence-electron chi connectivity index (χ0n) is 17.8. The van der Waals surface area contributed by atoms with Crippen LogP contribution in [0.4, 0.5) is 5.69 Å². The number of para-hydroxylation sites is 1. The van der Waals surface area contributed by atoms with Crippen molar-refractivity contribution < 1.29 is 17.9 Å². The molecule has 0 bridgehead atoms. The third-order valence-electron chi connectivity index (χ3n) is 4.50. The molecule has 0 radical (unpaired) electrons. The summed E-state index contributed by atoms with van der Waals surface area (Å²) in [5, 5.41) is 4.71. The number of nitrogens with zero attached hydrogens (tertiary/aromatic N) is 2. The monoisotopic (exact) mass is 505 g/mol. The molecule has 10 heteroatoms. The third-order valence-corrected chi connectivity index (χ3v) is 6.30. The number of halogens is 2. The summed E-state index contributed by atoms with van der Waals surface area (Å²) in [5.41, 5.74) is 3.20. The molecule has 0 aromatic heterocycles. The Morgan fingerprint density at radius 2 is 1.67 bits per heavy atom. The summed E-state index contributed by atoms with van der Waals surface area (Å²) in [5.74, 6) is 0.558. The van der Waals surface area contributed by atoms with E-state index in [4.69, 9.17) is 27.9 Å². The van der Waals surface area contributed by atoms with Crippen molar-refractivity contribution in [3.63, 3.8) is 0 Å². The fourth-order valence-corrected chi connectivity index (χ4v) is 4.59. The van der Waals surface area contributed by atoms with Gasteiger partial charge in [0, 0.05) is 10.6 Å². The van der Waals surface area contributed by atoms with E-state index in [1.807, 2.05) is 18.2 Å². The number of rotatable bonds is 8. The van der Waals surface area contributed by atoms with Gasteiger partial charge in [0.1, 0.15) is 17.5 Å². The number of carbonyl (C=O) groups excluding carboxylic acids is 1. The fraction of sp³-hybridized carbons (Fsp3) is 0.130. The lowest BCUT2D eigenvalue weighted by molar-refractivity contribution is -0.121. The summed E-state index contributed by atoms with van der Waals surface area (Å²) < 4.78 is 31.7. The first-order valence-electron chi connectivity index (χ1n) is 9.75. The van der Waals surface area contributed by atoms with E-state index in [0.717, 1.165) is 10.6 Å². The van der Waals surface area contributed by atoms with Crippen LogP contribution in [0.3, 0.4) is 0 Å². The lowest BCUT2D eigenvalue weighted by Gasteiger charge is -2.27. The molecule has 0 aliphatic heterocycles. The number of amides is 1. The van der Waals surface area contributed by atoms with Crippen LogP contribution in [0.15, 0.2) is 77.9 Å². The molecule has 1 amide bonds. The van der Waals surface area contributed by atoms with Gasteiger partial charge in [-0.1, -0.05) is 47.5 Å². The number of anilines is 1. The Morgan fingerprint density at radius 3 is 2.27 bits per heavy atom. The van der Waals surface area contributed by atoms with Crippen molar-refractivity contribution in [3.8, 4) is 11.5 Å². The smallest absolute Gasteiger partial charge is 0.263 e. The fourth-order valence-electron chi connectivity index (χ4n) is 2.96. The van der Waals surface area contributed by atoms with Crippen molar-refractivity contribution in [2.24, 2.45) is 5.10 Å². The van der Waals surface area contributed by atoms with Crippen molar-refractivity contribution in [1.29, 1.82) is 0 Å². The van der Waals surface area contributed by atoms with Gasteiger partial charge in [0.15, 0.2) is 0 Å². The summed E-state index contributed by atoms with van der Waals surface area (Å²) in [6, 6.07) is 19.3. The largest absolute Gasteiger partial charge is 0.457 e. The Bertz CT molecular complexity index is 1250. The molecule has 3 aromatic rings. The average molecular weight is 506 g/mol. The first kappa shape index (κ1) is 24.6. The van der Waals surface area contributed by atoms with E-state index in [1.165, 1.54) is 13.1 Å². The molecular formula is C23H21Cl2N3O4S. The van der Waals surface area contributed by atoms with Gasteiger partial charge in [0.2, 0.25) is 10.0 Å². The first-order valence-corrected chi connectivity index (χ1v) is 12.4. The van der Waals surface area contributed by atoms with E-state index < -0.39 is 22.0 Å². The summed E-state index contributed by atoms with van der Waals surface area (Å²) in [4.78, 5) is 12.6. The van der Waals surface area contributed by atoms with Gasteiger partial charge in [-0.3, -0.25) is 9.10 Å². The van der Waals surface area contributed by atoms with Gasteiger partial charge >= 0.3 is 0 Å². The molecule has 0 unspecified atom stereocenters. The van der Waals surface area contributed by atoms with Crippen LogP contribution in [0.5, 0.6) is 11.5 Å². The van der Waals surface area contributed by atoms with E-state index in [0.29, 0.717) is 32.8 Å². The molecule has 3 rings (SSSR count).